The molecule has 35 heavy (non-hydrogen) atoms. The number of hydrogen-bond donors (Lipinski definition) is 1. The smallest absolute Gasteiger partial charge is 0.338 e. The van der Waals surface area contributed by atoms with Crippen molar-refractivity contribution >= 4 is 23.5 Å². The van der Waals surface area contributed by atoms with Crippen LogP contribution in [0.2, 0.25) is 0 Å². The summed E-state index contributed by atoms with van der Waals surface area (Å²) in [6, 6.07) is 6.28. The molecule has 1 aromatic heterocycles. The lowest BCUT2D eigenvalue weighted by Crippen LogP contribution is -2.49. The Kier molecular flexibility index (Phi) is 7.78. The Morgan fingerprint density at radius 3 is 2.17 bits per heavy atom. The quantitative estimate of drug-likeness (QED) is 0.449. The monoisotopic (exact) mass is 486 g/mol. The average Bonchev–Trinajstić information content (AvgIpc) is 2.84. The molecule has 1 aromatic carbocycles. The van der Waals surface area contributed by atoms with Gasteiger partial charge in [-0.2, -0.15) is 0 Å². The normalized spacial score (nSPS) is 17.7. The number of anilines is 1. The molecule has 11 heteroatoms. The summed E-state index contributed by atoms with van der Waals surface area (Å²) in [7, 11) is 2.54. The Morgan fingerprint density at radius 1 is 0.971 bits per heavy atom. The second-order valence-corrected chi connectivity index (χ2v) is 8.71. The number of hydrogen-bond acceptors (Lipinski definition) is 8. The van der Waals surface area contributed by atoms with Gasteiger partial charge in [0.1, 0.15) is 17.1 Å². The predicted molar refractivity (Wildman–Crippen MR) is 128 cm³/mol. The molecule has 1 aliphatic rings. The first kappa shape index (κ1) is 25.7. The molecule has 1 fully saturated rings. The van der Waals surface area contributed by atoms with Crippen molar-refractivity contribution in [2.75, 3.05) is 18.9 Å². The number of nitrogen functional groups attached to an aromatic ring is 1. The fraction of sp³-hybridized carbons (Fsp3) is 0.458. The van der Waals surface area contributed by atoms with E-state index in [2.05, 4.69) is 0 Å². The number of nitrogens with zero attached hydrogens (tertiary/aromatic N) is 3. The molecule has 3 rings (SSSR count). The zero-order valence-electron chi connectivity index (χ0n) is 20.3. The van der Waals surface area contributed by atoms with Gasteiger partial charge in [0, 0.05) is 26.2 Å². The number of rotatable bonds is 7. The Balaban J connectivity index is 1.58. The maximum Gasteiger partial charge on any atom is 0.338 e. The summed E-state index contributed by atoms with van der Waals surface area (Å²) < 4.78 is 12.3. The third-order valence-corrected chi connectivity index (χ3v) is 6.26. The fourth-order valence-electron chi connectivity index (χ4n) is 4.23. The summed E-state index contributed by atoms with van der Waals surface area (Å²) in [6.07, 6.45) is 3.04. The van der Waals surface area contributed by atoms with E-state index in [-0.39, 0.29) is 36.0 Å². The molecule has 2 atom stereocenters. The summed E-state index contributed by atoms with van der Waals surface area (Å²) in [4.78, 5) is 63.4. The molecule has 1 aliphatic heterocycles. The van der Waals surface area contributed by atoms with E-state index in [0.717, 1.165) is 28.4 Å². The number of esters is 1. The number of benzene rings is 1. The molecule has 2 aromatic rings. The van der Waals surface area contributed by atoms with Gasteiger partial charge in [0.05, 0.1) is 5.56 Å². The average molecular weight is 487 g/mol. The molecule has 2 N–H and O–H groups in total. The van der Waals surface area contributed by atoms with Gasteiger partial charge >= 0.3 is 11.7 Å². The van der Waals surface area contributed by atoms with Crippen LogP contribution in [-0.2, 0) is 23.6 Å². The van der Waals surface area contributed by atoms with Crippen molar-refractivity contribution in [1.82, 2.24) is 14.0 Å². The number of amides is 1. The topological polar surface area (TPSA) is 143 Å². The largest absolute Gasteiger partial charge is 0.484 e. The van der Waals surface area contributed by atoms with E-state index in [1.807, 2.05) is 18.7 Å². The van der Waals surface area contributed by atoms with Crippen LogP contribution < -0.4 is 21.7 Å². The van der Waals surface area contributed by atoms with Gasteiger partial charge in [0.2, 0.25) is 5.78 Å². The lowest BCUT2D eigenvalue weighted by molar-refractivity contribution is -0.139. The number of piperidine rings is 1. The van der Waals surface area contributed by atoms with Crippen molar-refractivity contribution in [3.63, 3.8) is 0 Å². The minimum atomic E-state index is -0.865. The molecule has 0 spiro atoms. The second kappa shape index (κ2) is 10.6. The minimum Gasteiger partial charge on any atom is -0.484 e. The number of aromatic nitrogens is 2. The lowest BCUT2D eigenvalue weighted by Gasteiger charge is -2.38. The fourth-order valence-corrected chi connectivity index (χ4v) is 4.23. The van der Waals surface area contributed by atoms with Gasteiger partial charge in [-0.1, -0.05) is 0 Å². The van der Waals surface area contributed by atoms with Crippen LogP contribution in [0.15, 0.2) is 33.9 Å². The molecule has 188 valence electrons. The number of likely N-dealkylation sites (tertiary alicyclic amines) is 1. The molecule has 0 saturated carbocycles. The van der Waals surface area contributed by atoms with Crippen molar-refractivity contribution < 1.29 is 23.9 Å². The second-order valence-electron chi connectivity index (χ2n) is 8.71. The zero-order chi connectivity index (χ0) is 25.9. The van der Waals surface area contributed by atoms with Crippen LogP contribution >= 0.6 is 0 Å². The van der Waals surface area contributed by atoms with Gasteiger partial charge in [-0.05, 0) is 57.4 Å². The van der Waals surface area contributed by atoms with E-state index in [9.17, 15) is 24.0 Å². The van der Waals surface area contributed by atoms with E-state index in [4.69, 9.17) is 15.2 Å². The molecule has 0 bridgehead atoms. The van der Waals surface area contributed by atoms with Crippen LogP contribution in [0.3, 0.4) is 0 Å². The third kappa shape index (κ3) is 5.44. The number of Topliss-reactive ketones (excluding diaryl/α,β-unsaturated/α-hetero) is 1. The number of ketones is 1. The summed E-state index contributed by atoms with van der Waals surface area (Å²) in [5.41, 5.74) is 3.93. The molecule has 11 nitrogen and oxygen atoms in total. The molecular weight excluding hydrogens is 456 g/mol. The Labute approximate surface area is 202 Å². The minimum absolute atomic E-state index is 0.0875. The lowest BCUT2D eigenvalue weighted by atomic mass is 9.97. The molecule has 1 amide bonds. The molecule has 2 heterocycles. The highest BCUT2D eigenvalue weighted by Gasteiger charge is 2.29. The highest BCUT2D eigenvalue weighted by atomic mass is 16.5. The van der Waals surface area contributed by atoms with Gasteiger partial charge in [-0.25, -0.2) is 9.59 Å². The molecular formula is C24H30N4O7. The Morgan fingerprint density at radius 2 is 1.57 bits per heavy atom. The van der Waals surface area contributed by atoms with E-state index >= 15 is 0 Å². The van der Waals surface area contributed by atoms with Crippen LogP contribution in [0, 0.1) is 0 Å². The predicted octanol–water partition coefficient (Wildman–Crippen LogP) is 0.874. The Bertz CT molecular complexity index is 1240. The Hall–Kier alpha value is -3.89. The number of nitrogens with two attached hydrogens (primary N) is 1. The standard InChI is InChI=1S/C24H30N4O7/c1-14-6-5-7-15(2)28(14)19(30)13-34-17-10-8-16(9-11-17)23(32)35-12-18(29)20-21(25)26(3)24(33)27(4)22(20)31/h8-11,14-15H,5-7,12-13,25H2,1-4H3. The van der Waals surface area contributed by atoms with Crippen LogP contribution in [0.1, 0.15) is 53.8 Å². The number of carbonyl (C=O) groups is 3. The number of carbonyl (C=O) groups excluding carboxylic acids is 3. The zero-order valence-corrected chi connectivity index (χ0v) is 20.3. The van der Waals surface area contributed by atoms with E-state index in [0.29, 0.717) is 5.75 Å². The summed E-state index contributed by atoms with van der Waals surface area (Å²) >= 11 is 0. The van der Waals surface area contributed by atoms with Crippen molar-refractivity contribution in [1.29, 1.82) is 0 Å². The molecule has 0 aliphatic carbocycles. The molecule has 1 saturated heterocycles. The highest BCUT2D eigenvalue weighted by Crippen LogP contribution is 2.23. The van der Waals surface area contributed by atoms with Crippen molar-refractivity contribution in [3.8, 4) is 5.75 Å². The van der Waals surface area contributed by atoms with Crippen LogP contribution in [0.4, 0.5) is 5.82 Å². The van der Waals surface area contributed by atoms with E-state index in [1.165, 1.54) is 38.4 Å². The van der Waals surface area contributed by atoms with Gasteiger partial charge in [0.15, 0.2) is 13.2 Å². The van der Waals surface area contributed by atoms with Crippen molar-refractivity contribution in [2.45, 2.75) is 45.2 Å². The van der Waals surface area contributed by atoms with E-state index in [1.54, 1.807) is 0 Å². The van der Waals surface area contributed by atoms with E-state index < -0.39 is 35.2 Å². The summed E-state index contributed by atoms with van der Waals surface area (Å²) in [5, 5.41) is 0. The number of ether oxygens (including phenoxy) is 2. The van der Waals surface area contributed by atoms with Gasteiger partial charge < -0.3 is 20.1 Å². The highest BCUT2D eigenvalue weighted by molar-refractivity contribution is 6.02. The maximum absolute atomic E-state index is 12.6. The summed E-state index contributed by atoms with van der Waals surface area (Å²) in [6.45, 7) is 3.23. The molecule has 2 unspecified atom stereocenters. The molecule has 0 radical (unpaired) electrons. The van der Waals surface area contributed by atoms with Crippen LogP contribution in [0.25, 0.3) is 0 Å². The van der Waals surface area contributed by atoms with Gasteiger partial charge in [-0.15, -0.1) is 0 Å². The van der Waals surface area contributed by atoms with Gasteiger partial charge in [0.25, 0.3) is 11.5 Å². The van der Waals surface area contributed by atoms with Crippen LogP contribution in [0.5, 0.6) is 5.75 Å². The third-order valence-electron chi connectivity index (χ3n) is 6.26. The van der Waals surface area contributed by atoms with Gasteiger partial charge in [-0.3, -0.25) is 23.5 Å². The first-order valence-corrected chi connectivity index (χ1v) is 11.3. The van der Waals surface area contributed by atoms with Crippen LogP contribution in [-0.4, -0.2) is 57.0 Å². The first-order chi connectivity index (χ1) is 16.5. The SMILES string of the molecule is CC1CCCC(C)N1C(=O)COc1ccc(C(=O)OCC(=O)c2c(N)n(C)c(=O)n(C)c2=O)cc1. The first-order valence-electron chi connectivity index (χ1n) is 11.3. The van der Waals surface area contributed by atoms with Crippen molar-refractivity contribution in [3.05, 3.63) is 56.2 Å². The maximum atomic E-state index is 12.6. The van der Waals surface area contributed by atoms with Crippen molar-refractivity contribution in [2.24, 2.45) is 14.1 Å². The summed E-state index contributed by atoms with van der Waals surface area (Å²) in [5.74, 6) is -1.60.